The van der Waals surface area contributed by atoms with Gasteiger partial charge in [-0.3, -0.25) is 9.55 Å². The molecule has 0 atom stereocenters. The summed E-state index contributed by atoms with van der Waals surface area (Å²) in [4.78, 5) is 4.44. The summed E-state index contributed by atoms with van der Waals surface area (Å²) in [5, 5.41) is 10.1. The van der Waals surface area contributed by atoms with Gasteiger partial charge in [-0.2, -0.15) is 0 Å². The van der Waals surface area contributed by atoms with E-state index in [9.17, 15) is 0 Å². The molecule has 0 unspecified atom stereocenters. The van der Waals surface area contributed by atoms with Crippen molar-refractivity contribution in [3.8, 4) is 5.69 Å². The van der Waals surface area contributed by atoms with E-state index >= 15 is 0 Å². The Morgan fingerprint density at radius 3 is 2.75 bits per heavy atom. The van der Waals surface area contributed by atoms with Crippen LogP contribution in [0.1, 0.15) is 24.6 Å². The van der Waals surface area contributed by atoms with E-state index in [4.69, 9.17) is 23.2 Å². The molecule has 1 aliphatic carbocycles. The van der Waals surface area contributed by atoms with Gasteiger partial charge in [-0.05, 0) is 48.7 Å². The van der Waals surface area contributed by atoms with Crippen molar-refractivity contribution >= 4 is 34.1 Å². The number of hydrogen-bond donors (Lipinski definition) is 0. The number of fused-ring (bicyclic) bond motifs is 1. The van der Waals surface area contributed by atoms with E-state index in [1.54, 1.807) is 6.20 Å². The van der Waals surface area contributed by atoms with E-state index in [0.717, 1.165) is 35.3 Å². The summed E-state index contributed by atoms with van der Waals surface area (Å²) in [7, 11) is 0. The predicted octanol–water partition coefficient (Wildman–Crippen LogP) is 4.00. The molecule has 1 saturated carbocycles. The number of hydrogen-bond acceptors (Lipinski definition) is 3. The van der Waals surface area contributed by atoms with E-state index in [2.05, 4.69) is 15.2 Å². The Kier molecular flexibility index (Phi) is 2.69. The van der Waals surface area contributed by atoms with E-state index in [-0.39, 0.29) is 0 Å². The van der Waals surface area contributed by atoms with Gasteiger partial charge in [0.25, 0.3) is 0 Å². The number of aromatic nitrogens is 4. The molecular weight excluding hydrogens is 295 g/mol. The fraction of sp³-hybridized carbons (Fsp3) is 0.214. The van der Waals surface area contributed by atoms with Crippen molar-refractivity contribution in [2.75, 3.05) is 0 Å². The lowest BCUT2D eigenvalue weighted by atomic mass is 10.2. The van der Waals surface area contributed by atoms with Crippen LogP contribution in [0.3, 0.4) is 0 Å². The predicted molar refractivity (Wildman–Crippen MR) is 78.7 cm³/mol. The Labute approximate surface area is 125 Å². The minimum absolute atomic E-state index is 0.362. The van der Waals surface area contributed by atoms with Gasteiger partial charge in [0.05, 0.1) is 16.2 Å². The Bertz CT molecular complexity index is 808. The van der Waals surface area contributed by atoms with Crippen LogP contribution in [0.15, 0.2) is 30.5 Å². The van der Waals surface area contributed by atoms with Gasteiger partial charge in [0.1, 0.15) is 5.82 Å². The molecule has 0 spiro atoms. The SMILES string of the molecule is Clc1ccc(-n2c(Cl)nnc2C2CC2)c2ncccc12. The first kappa shape index (κ1) is 12.1. The lowest BCUT2D eigenvalue weighted by molar-refractivity contribution is 0.874. The van der Waals surface area contributed by atoms with Crippen LogP contribution in [0, 0.1) is 0 Å². The highest BCUT2D eigenvalue weighted by Gasteiger charge is 2.31. The third kappa shape index (κ3) is 1.79. The number of pyridine rings is 1. The normalized spacial score (nSPS) is 14.9. The van der Waals surface area contributed by atoms with Crippen molar-refractivity contribution in [3.05, 3.63) is 46.6 Å². The first-order chi connectivity index (χ1) is 9.75. The summed E-state index contributed by atoms with van der Waals surface area (Å²) in [6.07, 6.45) is 4.01. The van der Waals surface area contributed by atoms with Crippen molar-refractivity contribution in [3.63, 3.8) is 0 Å². The monoisotopic (exact) mass is 304 g/mol. The summed E-state index contributed by atoms with van der Waals surface area (Å²) in [6, 6.07) is 7.59. The van der Waals surface area contributed by atoms with Gasteiger partial charge < -0.3 is 0 Å². The van der Waals surface area contributed by atoms with Gasteiger partial charge in [-0.15, -0.1) is 10.2 Å². The molecule has 0 amide bonds. The summed E-state index contributed by atoms with van der Waals surface area (Å²) in [6.45, 7) is 0. The highest BCUT2D eigenvalue weighted by molar-refractivity contribution is 6.35. The van der Waals surface area contributed by atoms with Gasteiger partial charge >= 0.3 is 0 Å². The summed E-state index contributed by atoms with van der Waals surface area (Å²) in [5.74, 6) is 1.36. The molecule has 0 aliphatic heterocycles. The van der Waals surface area contributed by atoms with E-state index in [0.29, 0.717) is 16.2 Å². The van der Waals surface area contributed by atoms with Crippen molar-refractivity contribution < 1.29 is 0 Å². The topological polar surface area (TPSA) is 43.6 Å². The van der Waals surface area contributed by atoms with E-state index in [1.165, 1.54) is 0 Å². The first-order valence-electron chi connectivity index (χ1n) is 6.40. The summed E-state index contributed by atoms with van der Waals surface area (Å²) >= 11 is 12.5. The molecule has 6 heteroatoms. The van der Waals surface area contributed by atoms with Crippen LogP contribution in [0.4, 0.5) is 0 Å². The van der Waals surface area contributed by atoms with Gasteiger partial charge in [0.15, 0.2) is 0 Å². The molecule has 4 nitrogen and oxygen atoms in total. The van der Waals surface area contributed by atoms with Crippen molar-refractivity contribution in [1.82, 2.24) is 19.7 Å². The van der Waals surface area contributed by atoms with Gasteiger partial charge in [0, 0.05) is 17.5 Å². The Hall–Kier alpha value is -1.65. The average Bonchev–Trinajstić information content (AvgIpc) is 3.24. The average molecular weight is 305 g/mol. The van der Waals surface area contributed by atoms with Crippen molar-refractivity contribution in [1.29, 1.82) is 0 Å². The van der Waals surface area contributed by atoms with E-state index < -0.39 is 0 Å². The third-order valence-electron chi connectivity index (χ3n) is 3.53. The van der Waals surface area contributed by atoms with Gasteiger partial charge in [0.2, 0.25) is 5.28 Å². The first-order valence-corrected chi connectivity index (χ1v) is 7.15. The lowest BCUT2D eigenvalue weighted by Gasteiger charge is -2.10. The number of rotatable bonds is 2. The summed E-state index contributed by atoms with van der Waals surface area (Å²) < 4.78 is 1.88. The zero-order chi connectivity index (χ0) is 13.7. The molecule has 4 rings (SSSR count). The molecule has 0 N–H and O–H groups in total. The fourth-order valence-corrected chi connectivity index (χ4v) is 2.84. The zero-order valence-electron chi connectivity index (χ0n) is 10.4. The van der Waals surface area contributed by atoms with Gasteiger partial charge in [-0.25, -0.2) is 0 Å². The third-order valence-corrected chi connectivity index (χ3v) is 4.10. The molecule has 0 saturated heterocycles. The van der Waals surface area contributed by atoms with Gasteiger partial charge in [-0.1, -0.05) is 11.6 Å². The maximum Gasteiger partial charge on any atom is 0.229 e. The molecule has 100 valence electrons. The maximum absolute atomic E-state index is 6.23. The molecule has 2 heterocycles. The number of benzene rings is 1. The lowest BCUT2D eigenvalue weighted by Crippen LogP contribution is -2.02. The van der Waals surface area contributed by atoms with Crippen LogP contribution in [-0.4, -0.2) is 19.7 Å². The van der Waals surface area contributed by atoms with Crippen LogP contribution in [0.5, 0.6) is 0 Å². The van der Waals surface area contributed by atoms with Crippen LogP contribution in [0.25, 0.3) is 16.6 Å². The number of halogens is 2. The largest absolute Gasteiger partial charge is 0.267 e. The van der Waals surface area contributed by atoms with Crippen LogP contribution in [-0.2, 0) is 0 Å². The molecule has 2 aromatic heterocycles. The van der Waals surface area contributed by atoms with Crippen LogP contribution in [0.2, 0.25) is 10.3 Å². The molecule has 0 bridgehead atoms. The van der Waals surface area contributed by atoms with E-state index in [1.807, 2.05) is 28.8 Å². The molecule has 1 aliphatic rings. The van der Waals surface area contributed by atoms with Crippen LogP contribution >= 0.6 is 23.2 Å². The Morgan fingerprint density at radius 1 is 1.10 bits per heavy atom. The second-order valence-electron chi connectivity index (χ2n) is 4.90. The minimum Gasteiger partial charge on any atom is -0.267 e. The fourth-order valence-electron chi connectivity index (χ4n) is 2.41. The summed E-state index contributed by atoms with van der Waals surface area (Å²) in [5.41, 5.74) is 1.69. The standard InChI is InChI=1S/C14H10Cl2N4/c15-10-5-6-11(12-9(10)2-1-7-17-12)20-13(8-3-4-8)18-19-14(20)16/h1-2,5-8H,3-4H2. The van der Waals surface area contributed by atoms with Crippen LogP contribution < -0.4 is 0 Å². The molecule has 3 aromatic rings. The highest BCUT2D eigenvalue weighted by Crippen LogP contribution is 2.41. The molecule has 0 radical (unpaired) electrons. The second-order valence-corrected chi connectivity index (χ2v) is 5.65. The molecule has 1 aromatic carbocycles. The molecule has 20 heavy (non-hydrogen) atoms. The quantitative estimate of drug-likeness (QED) is 0.719. The smallest absolute Gasteiger partial charge is 0.229 e. The Morgan fingerprint density at radius 2 is 1.95 bits per heavy atom. The molecule has 1 fully saturated rings. The highest BCUT2D eigenvalue weighted by atomic mass is 35.5. The minimum atomic E-state index is 0.362. The number of nitrogens with zero attached hydrogens (tertiary/aromatic N) is 4. The van der Waals surface area contributed by atoms with Crippen molar-refractivity contribution in [2.45, 2.75) is 18.8 Å². The Balaban J connectivity index is 2.04. The second kappa shape index (κ2) is 4.43. The zero-order valence-corrected chi connectivity index (χ0v) is 11.9. The van der Waals surface area contributed by atoms with Crippen molar-refractivity contribution in [2.24, 2.45) is 0 Å². The molecular formula is C14H10Cl2N4. The maximum atomic E-state index is 6.23.